The van der Waals surface area contributed by atoms with Gasteiger partial charge in [-0.05, 0) is 6.07 Å². The van der Waals surface area contributed by atoms with Crippen molar-refractivity contribution in [2.45, 2.75) is 6.54 Å². The first-order chi connectivity index (χ1) is 7.22. The van der Waals surface area contributed by atoms with Crippen LogP contribution in [-0.4, -0.2) is 28.8 Å². The van der Waals surface area contributed by atoms with Crippen molar-refractivity contribution in [2.24, 2.45) is 7.05 Å². The summed E-state index contributed by atoms with van der Waals surface area (Å²) in [6, 6.07) is 1.87. The Morgan fingerprint density at radius 3 is 3.13 bits per heavy atom. The molecule has 0 unspecified atom stereocenters. The van der Waals surface area contributed by atoms with Gasteiger partial charge in [0.05, 0.1) is 18.8 Å². The highest BCUT2D eigenvalue weighted by Gasteiger charge is 2.01. The Balaban J connectivity index is 2.19. The molecule has 1 rings (SSSR count). The van der Waals surface area contributed by atoms with Gasteiger partial charge in [-0.15, -0.1) is 6.58 Å². The Morgan fingerprint density at radius 2 is 2.53 bits per heavy atom. The molecule has 0 saturated heterocycles. The molecule has 1 heterocycles. The summed E-state index contributed by atoms with van der Waals surface area (Å²) in [5.41, 5.74) is 0.856. The Hall–Kier alpha value is -1.62. The van der Waals surface area contributed by atoms with Gasteiger partial charge in [-0.3, -0.25) is 9.48 Å². The third kappa shape index (κ3) is 4.42. The zero-order valence-electron chi connectivity index (χ0n) is 8.86. The van der Waals surface area contributed by atoms with E-state index in [0.717, 1.165) is 5.69 Å². The van der Waals surface area contributed by atoms with E-state index in [2.05, 4.69) is 22.3 Å². The largest absolute Gasteiger partial charge is 0.349 e. The predicted molar refractivity (Wildman–Crippen MR) is 58.1 cm³/mol. The first-order valence-electron chi connectivity index (χ1n) is 4.79. The van der Waals surface area contributed by atoms with E-state index >= 15 is 0 Å². The van der Waals surface area contributed by atoms with Crippen molar-refractivity contribution in [3.05, 3.63) is 30.6 Å². The number of hydrogen-bond donors (Lipinski definition) is 2. The monoisotopic (exact) mass is 208 g/mol. The van der Waals surface area contributed by atoms with Gasteiger partial charge >= 0.3 is 0 Å². The number of aromatic nitrogens is 2. The summed E-state index contributed by atoms with van der Waals surface area (Å²) in [4.78, 5) is 11.3. The van der Waals surface area contributed by atoms with E-state index in [1.165, 1.54) is 0 Å². The van der Waals surface area contributed by atoms with E-state index in [-0.39, 0.29) is 5.91 Å². The van der Waals surface area contributed by atoms with Gasteiger partial charge in [0.25, 0.3) is 0 Å². The summed E-state index contributed by atoms with van der Waals surface area (Å²) in [7, 11) is 1.84. The second-order valence-corrected chi connectivity index (χ2v) is 3.18. The van der Waals surface area contributed by atoms with Crippen LogP contribution in [-0.2, 0) is 18.4 Å². The summed E-state index contributed by atoms with van der Waals surface area (Å²) in [6.45, 7) is 4.95. The summed E-state index contributed by atoms with van der Waals surface area (Å²) >= 11 is 0. The van der Waals surface area contributed by atoms with Crippen molar-refractivity contribution in [1.29, 1.82) is 0 Å². The van der Waals surface area contributed by atoms with Crippen LogP contribution in [0.4, 0.5) is 0 Å². The summed E-state index contributed by atoms with van der Waals surface area (Å²) in [6.07, 6.45) is 3.56. The van der Waals surface area contributed by atoms with Crippen LogP contribution in [0.1, 0.15) is 5.69 Å². The SMILES string of the molecule is C=CCNCC(=O)NCc1ccn(C)n1. The molecule has 0 aliphatic heterocycles. The van der Waals surface area contributed by atoms with Crippen molar-refractivity contribution in [3.63, 3.8) is 0 Å². The third-order valence-corrected chi connectivity index (χ3v) is 1.81. The minimum Gasteiger partial charge on any atom is -0.349 e. The molecular weight excluding hydrogens is 192 g/mol. The van der Waals surface area contributed by atoms with Crippen LogP contribution in [0, 0.1) is 0 Å². The van der Waals surface area contributed by atoms with Crippen LogP contribution in [0.15, 0.2) is 24.9 Å². The van der Waals surface area contributed by atoms with Gasteiger partial charge < -0.3 is 10.6 Å². The van der Waals surface area contributed by atoms with E-state index in [4.69, 9.17) is 0 Å². The van der Waals surface area contributed by atoms with Crippen LogP contribution in [0.2, 0.25) is 0 Å². The van der Waals surface area contributed by atoms with Gasteiger partial charge in [-0.25, -0.2) is 0 Å². The molecule has 82 valence electrons. The number of hydrogen-bond acceptors (Lipinski definition) is 3. The molecule has 0 spiro atoms. The summed E-state index contributed by atoms with van der Waals surface area (Å²) in [5, 5.41) is 9.82. The smallest absolute Gasteiger partial charge is 0.234 e. The molecule has 0 aromatic carbocycles. The summed E-state index contributed by atoms with van der Waals surface area (Å²) < 4.78 is 1.71. The lowest BCUT2D eigenvalue weighted by Crippen LogP contribution is -2.33. The summed E-state index contributed by atoms with van der Waals surface area (Å²) in [5.74, 6) is -0.0393. The molecule has 0 aliphatic carbocycles. The standard InChI is InChI=1S/C10H16N4O/c1-3-5-11-8-10(15)12-7-9-4-6-14(2)13-9/h3-4,6,11H,1,5,7-8H2,2H3,(H,12,15). The topological polar surface area (TPSA) is 59.0 Å². The van der Waals surface area contributed by atoms with Crippen molar-refractivity contribution < 1.29 is 4.79 Å². The van der Waals surface area contributed by atoms with Crippen molar-refractivity contribution in [2.75, 3.05) is 13.1 Å². The molecule has 0 radical (unpaired) electrons. The number of nitrogens with zero attached hydrogens (tertiary/aromatic N) is 2. The molecular formula is C10H16N4O. The van der Waals surface area contributed by atoms with Gasteiger partial charge in [-0.2, -0.15) is 5.10 Å². The zero-order chi connectivity index (χ0) is 11.1. The molecule has 15 heavy (non-hydrogen) atoms. The Bertz CT molecular complexity index is 332. The molecule has 5 nitrogen and oxygen atoms in total. The molecule has 1 aromatic heterocycles. The number of rotatable bonds is 6. The molecule has 0 saturated carbocycles. The maximum absolute atomic E-state index is 11.3. The molecule has 0 fully saturated rings. The molecule has 2 N–H and O–H groups in total. The number of carbonyl (C=O) groups excluding carboxylic acids is 1. The number of carbonyl (C=O) groups is 1. The molecule has 0 atom stereocenters. The predicted octanol–water partition coefficient (Wildman–Crippen LogP) is -0.188. The first-order valence-corrected chi connectivity index (χ1v) is 4.79. The lowest BCUT2D eigenvalue weighted by molar-refractivity contribution is -0.120. The highest BCUT2D eigenvalue weighted by atomic mass is 16.1. The second-order valence-electron chi connectivity index (χ2n) is 3.18. The van der Waals surface area contributed by atoms with Gasteiger partial charge in [0.15, 0.2) is 0 Å². The molecule has 1 amide bonds. The number of nitrogens with one attached hydrogen (secondary N) is 2. The van der Waals surface area contributed by atoms with E-state index in [0.29, 0.717) is 19.6 Å². The normalized spacial score (nSPS) is 9.93. The Kier molecular flexibility index (Phi) is 4.56. The maximum Gasteiger partial charge on any atom is 0.234 e. The Morgan fingerprint density at radius 1 is 1.73 bits per heavy atom. The lowest BCUT2D eigenvalue weighted by Gasteiger charge is -2.03. The molecule has 0 bridgehead atoms. The van der Waals surface area contributed by atoms with E-state index in [9.17, 15) is 4.79 Å². The molecule has 5 heteroatoms. The van der Waals surface area contributed by atoms with E-state index in [1.807, 2.05) is 19.3 Å². The fourth-order valence-corrected chi connectivity index (χ4v) is 1.10. The third-order valence-electron chi connectivity index (χ3n) is 1.81. The molecule has 1 aromatic rings. The van der Waals surface area contributed by atoms with Crippen molar-refractivity contribution >= 4 is 5.91 Å². The van der Waals surface area contributed by atoms with Crippen LogP contribution >= 0.6 is 0 Å². The minimum atomic E-state index is -0.0393. The quantitative estimate of drug-likeness (QED) is 0.503. The van der Waals surface area contributed by atoms with Crippen molar-refractivity contribution in [1.82, 2.24) is 20.4 Å². The van der Waals surface area contributed by atoms with Gasteiger partial charge in [0.2, 0.25) is 5.91 Å². The van der Waals surface area contributed by atoms with Crippen LogP contribution in [0.3, 0.4) is 0 Å². The number of amides is 1. The maximum atomic E-state index is 11.3. The van der Waals surface area contributed by atoms with Crippen LogP contribution in [0.5, 0.6) is 0 Å². The fourth-order valence-electron chi connectivity index (χ4n) is 1.10. The zero-order valence-corrected chi connectivity index (χ0v) is 8.86. The highest BCUT2D eigenvalue weighted by molar-refractivity contribution is 5.77. The van der Waals surface area contributed by atoms with Crippen LogP contribution in [0.25, 0.3) is 0 Å². The van der Waals surface area contributed by atoms with E-state index in [1.54, 1.807) is 10.8 Å². The highest BCUT2D eigenvalue weighted by Crippen LogP contribution is 1.92. The average molecular weight is 208 g/mol. The van der Waals surface area contributed by atoms with Gasteiger partial charge in [-0.1, -0.05) is 6.08 Å². The average Bonchev–Trinajstić information content (AvgIpc) is 2.62. The van der Waals surface area contributed by atoms with Gasteiger partial charge in [0.1, 0.15) is 0 Å². The molecule has 0 aliphatic rings. The van der Waals surface area contributed by atoms with Crippen LogP contribution < -0.4 is 10.6 Å². The first kappa shape index (κ1) is 11.5. The van der Waals surface area contributed by atoms with Crippen molar-refractivity contribution in [3.8, 4) is 0 Å². The minimum absolute atomic E-state index is 0.0393. The lowest BCUT2D eigenvalue weighted by atomic mass is 10.4. The van der Waals surface area contributed by atoms with E-state index < -0.39 is 0 Å². The number of aryl methyl sites for hydroxylation is 1. The fraction of sp³-hybridized carbons (Fsp3) is 0.400. The Labute approximate surface area is 89.2 Å². The van der Waals surface area contributed by atoms with Gasteiger partial charge in [0, 0.05) is 19.8 Å². The second kappa shape index (κ2) is 5.98.